The van der Waals surface area contributed by atoms with E-state index in [0.29, 0.717) is 25.1 Å². The van der Waals surface area contributed by atoms with E-state index in [1.165, 1.54) is 5.06 Å². The summed E-state index contributed by atoms with van der Waals surface area (Å²) in [6, 6.07) is 9.78. The highest BCUT2D eigenvalue weighted by Crippen LogP contribution is 2.16. The van der Waals surface area contributed by atoms with Gasteiger partial charge in [-0.05, 0) is 12.0 Å². The lowest BCUT2D eigenvalue weighted by Crippen LogP contribution is -2.25. The SMILES string of the molecule is C=C1CCN(OCc2ccccc2)C1=O. The van der Waals surface area contributed by atoms with Crippen molar-refractivity contribution >= 4 is 5.91 Å². The molecule has 1 aromatic carbocycles. The zero-order valence-electron chi connectivity index (χ0n) is 8.48. The molecular formula is C12H13NO2. The van der Waals surface area contributed by atoms with Crippen molar-refractivity contribution < 1.29 is 9.63 Å². The van der Waals surface area contributed by atoms with Gasteiger partial charge in [-0.3, -0.25) is 9.63 Å². The van der Waals surface area contributed by atoms with Gasteiger partial charge in [-0.1, -0.05) is 36.9 Å². The van der Waals surface area contributed by atoms with E-state index in [1.54, 1.807) is 0 Å². The molecule has 1 heterocycles. The molecular weight excluding hydrogens is 190 g/mol. The van der Waals surface area contributed by atoms with E-state index >= 15 is 0 Å². The number of hydrogen-bond donors (Lipinski definition) is 0. The molecule has 0 unspecified atom stereocenters. The van der Waals surface area contributed by atoms with Crippen molar-refractivity contribution in [3.63, 3.8) is 0 Å². The predicted molar refractivity (Wildman–Crippen MR) is 56.7 cm³/mol. The van der Waals surface area contributed by atoms with Crippen molar-refractivity contribution in [2.24, 2.45) is 0 Å². The molecule has 0 aromatic heterocycles. The van der Waals surface area contributed by atoms with Crippen molar-refractivity contribution in [3.8, 4) is 0 Å². The molecule has 1 fully saturated rings. The maximum Gasteiger partial charge on any atom is 0.272 e. The van der Waals surface area contributed by atoms with E-state index in [2.05, 4.69) is 6.58 Å². The standard InChI is InChI=1S/C12H13NO2/c1-10-7-8-13(12(10)14)15-9-11-5-3-2-4-6-11/h2-6H,1,7-9H2. The second kappa shape index (κ2) is 4.28. The zero-order valence-corrected chi connectivity index (χ0v) is 8.48. The minimum atomic E-state index is -0.0917. The van der Waals surface area contributed by atoms with Crippen LogP contribution in [0.1, 0.15) is 12.0 Å². The molecule has 3 nitrogen and oxygen atoms in total. The highest BCUT2D eigenvalue weighted by molar-refractivity contribution is 5.94. The lowest BCUT2D eigenvalue weighted by molar-refractivity contribution is -0.180. The summed E-state index contributed by atoms with van der Waals surface area (Å²) in [6.45, 7) is 4.72. The predicted octanol–water partition coefficient (Wildman–Crippen LogP) is 1.91. The summed E-state index contributed by atoms with van der Waals surface area (Å²) in [5, 5.41) is 1.38. The molecule has 78 valence electrons. The van der Waals surface area contributed by atoms with Crippen LogP contribution in [0, 0.1) is 0 Å². The number of hydroxylamine groups is 2. The van der Waals surface area contributed by atoms with Gasteiger partial charge in [0.2, 0.25) is 0 Å². The van der Waals surface area contributed by atoms with Gasteiger partial charge in [-0.25, -0.2) is 5.06 Å². The molecule has 15 heavy (non-hydrogen) atoms. The Morgan fingerprint density at radius 1 is 1.33 bits per heavy atom. The molecule has 3 heteroatoms. The van der Waals surface area contributed by atoms with Gasteiger partial charge in [0, 0.05) is 5.57 Å². The molecule has 0 N–H and O–H groups in total. The van der Waals surface area contributed by atoms with Gasteiger partial charge < -0.3 is 0 Å². The highest BCUT2D eigenvalue weighted by Gasteiger charge is 2.24. The number of carbonyl (C=O) groups is 1. The molecule has 0 bridgehead atoms. The fourth-order valence-corrected chi connectivity index (χ4v) is 1.47. The van der Waals surface area contributed by atoms with Gasteiger partial charge in [0.05, 0.1) is 6.54 Å². The summed E-state index contributed by atoms with van der Waals surface area (Å²) in [5.41, 5.74) is 1.69. The van der Waals surface area contributed by atoms with E-state index in [0.717, 1.165) is 5.56 Å². The monoisotopic (exact) mass is 203 g/mol. The second-order valence-electron chi connectivity index (χ2n) is 3.52. The van der Waals surface area contributed by atoms with E-state index in [4.69, 9.17) is 4.84 Å². The summed E-state index contributed by atoms with van der Waals surface area (Å²) in [6.07, 6.45) is 0.702. The van der Waals surface area contributed by atoms with Gasteiger partial charge in [0.15, 0.2) is 0 Å². The lowest BCUT2D eigenvalue weighted by Gasteiger charge is -2.14. The Labute approximate surface area is 88.9 Å². The summed E-state index contributed by atoms with van der Waals surface area (Å²) in [5.74, 6) is -0.0917. The average molecular weight is 203 g/mol. The molecule has 0 aliphatic carbocycles. The zero-order chi connectivity index (χ0) is 10.7. The third-order valence-corrected chi connectivity index (χ3v) is 2.38. The first-order valence-electron chi connectivity index (χ1n) is 4.94. The van der Waals surface area contributed by atoms with E-state index in [1.807, 2.05) is 30.3 Å². The van der Waals surface area contributed by atoms with Crippen LogP contribution in [-0.4, -0.2) is 17.5 Å². The minimum Gasteiger partial charge on any atom is -0.267 e. The molecule has 1 aromatic rings. The second-order valence-corrected chi connectivity index (χ2v) is 3.52. The molecule has 1 amide bonds. The number of rotatable bonds is 3. The Morgan fingerprint density at radius 3 is 2.67 bits per heavy atom. The quantitative estimate of drug-likeness (QED) is 0.702. The van der Waals surface area contributed by atoms with Crippen molar-refractivity contribution in [2.75, 3.05) is 6.54 Å². The Balaban J connectivity index is 1.89. The van der Waals surface area contributed by atoms with Crippen LogP contribution in [0.2, 0.25) is 0 Å². The smallest absolute Gasteiger partial charge is 0.267 e. The Morgan fingerprint density at radius 2 is 2.07 bits per heavy atom. The molecule has 0 radical (unpaired) electrons. The maximum atomic E-state index is 11.4. The van der Waals surface area contributed by atoms with Crippen molar-refractivity contribution in [1.29, 1.82) is 0 Å². The van der Waals surface area contributed by atoms with E-state index in [-0.39, 0.29) is 5.91 Å². The Bertz CT molecular complexity index is 372. The Hall–Kier alpha value is -1.61. The van der Waals surface area contributed by atoms with Crippen LogP contribution < -0.4 is 0 Å². The molecule has 2 rings (SSSR count). The normalized spacial score (nSPS) is 16.1. The molecule has 1 aliphatic heterocycles. The largest absolute Gasteiger partial charge is 0.272 e. The molecule has 1 aliphatic rings. The van der Waals surface area contributed by atoms with Gasteiger partial charge >= 0.3 is 0 Å². The lowest BCUT2D eigenvalue weighted by atomic mass is 10.2. The van der Waals surface area contributed by atoms with Gasteiger partial charge in [0.25, 0.3) is 5.91 Å². The van der Waals surface area contributed by atoms with Crippen molar-refractivity contribution in [1.82, 2.24) is 5.06 Å². The third-order valence-electron chi connectivity index (χ3n) is 2.38. The first kappa shape index (κ1) is 9.93. The Kier molecular flexibility index (Phi) is 2.83. The van der Waals surface area contributed by atoms with Gasteiger partial charge in [0.1, 0.15) is 6.61 Å². The summed E-state index contributed by atoms with van der Waals surface area (Å²) in [7, 11) is 0. The molecule has 0 atom stereocenters. The highest BCUT2D eigenvalue weighted by atomic mass is 16.7. The number of benzene rings is 1. The summed E-state index contributed by atoms with van der Waals surface area (Å²) in [4.78, 5) is 16.8. The fraction of sp³-hybridized carbons (Fsp3) is 0.250. The average Bonchev–Trinajstić information content (AvgIpc) is 2.59. The molecule has 0 saturated carbocycles. The van der Waals surface area contributed by atoms with Crippen LogP contribution in [0.15, 0.2) is 42.5 Å². The minimum absolute atomic E-state index is 0.0917. The first-order valence-corrected chi connectivity index (χ1v) is 4.94. The van der Waals surface area contributed by atoms with E-state index < -0.39 is 0 Å². The van der Waals surface area contributed by atoms with Crippen LogP contribution >= 0.6 is 0 Å². The number of hydrogen-bond acceptors (Lipinski definition) is 2. The third kappa shape index (κ3) is 2.25. The van der Waals surface area contributed by atoms with Crippen molar-refractivity contribution in [3.05, 3.63) is 48.0 Å². The van der Waals surface area contributed by atoms with Crippen LogP contribution in [0.3, 0.4) is 0 Å². The molecule has 0 spiro atoms. The van der Waals surface area contributed by atoms with Crippen LogP contribution in [-0.2, 0) is 16.2 Å². The fourth-order valence-electron chi connectivity index (χ4n) is 1.47. The van der Waals surface area contributed by atoms with E-state index in [9.17, 15) is 4.79 Å². The van der Waals surface area contributed by atoms with Gasteiger partial charge in [-0.2, -0.15) is 0 Å². The topological polar surface area (TPSA) is 29.5 Å². The van der Waals surface area contributed by atoms with Crippen LogP contribution in [0.4, 0.5) is 0 Å². The number of amides is 1. The van der Waals surface area contributed by atoms with Gasteiger partial charge in [-0.15, -0.1) is 0 Å². The van der Waals surface area contributed by atoms with Crippen LogP contribution in [0.25, 0.3) is 0 Å². The molecule has 1 saturated heterocycles. The van der Waals surface area contributed by atoms with Crippen molar-refractivity contribution in [2.45, 2.75) is 13.0 Å². The summed E-state index contributed by atoms with van der Waals surface area (Å²) < 4.78 is 0. The summed E-state index contributed by atoms with van der Waals surface area (Å²) >= 11 is 0. The number of nitrogens with zero attached hydrogens (tertiary/aromatic N) is 1. The number of carbonyl (C=O) groups excluding carboxylic acids is 1. The maximum absolute atomic E-state index is 11.4. The van der Waals surface area contributed by atoms with Crippen LogP contribution in [0.5, 0.6) is 0 Å². The first-order chi connectivity index (χ1) is 7.27.